The Balaban J connectivity index is 2.51. The highest BCUT2D eigenvalue weighted by Crippen LogP contribution is 2.19. The number of carboxylic acids is 1. The third-order valence-corrected chi connectivity index (χ3v) is 3.89. The summed E-state index contributed by atoms with van der Waals surface area (Å²) in [4.78, 5) is 23.4. The lowest BCUT2D eigenvalue weighted by molar-refractivity contribution is -0.139. The highest BCUT2D eigenvalue weighted by Gasteiger charge is 2.25. The fourth-order valence-electron chi connectivity index (χ4n) is 2.54. The van der Waals surface area contributed by atoms with Crippen LogP contribution in [0.25, 0.3) is 0 Å². The van der Waals surface area contributed by atoms with Crippen molar-refractivity contribution in [2.24, 2.45) is 0 Å². The quantitative estimate of drug-likeness (QED) is 0.524. The van der Waals surface area contributed by atoms with Crippen LogP contribution in [-0.4, -0.2) is 29.4 Å². The maximum atomic E-state index is 11.9. The van der Waals surface area contributed by atoms with E-state index in [-0.39, 0.29) is 0 Å². The van der Waals surface area contributed by atoms with Crippen LogP contribution in [-0.2, 0) is 9.53 Å². The Kier molecular flexibility index (Phi) is 9.68. The lowest BCUT2D eigenvalue weighted by atomic mass is 10.1. The minimum Gasteiger partial charge on any atom is -0.494 e. The summed E-state index contributed by atoms with van der Waals surface area (Å²) >= 11 is 0. The number of unbranched alkanes of at least 4 members (excludes halogenated alkanes) is 5. The lowest BCUT2D eigenvalue weighted by Gasteiger charge is -2.22. The number of rotatable bonds is 11. The molecule has 1 atom stereocenters. The molecule has 27 heavy (non-hydrogen) atoms. The van der Waals surface area contributed by atoms with Gasteiger partial charge in [-0.15, -0.1) is 0 Å². The van der Waals surface area contributed by atoms with E-state index in [4.69, 9.17) is 9.47 Å². The van der Waals surface area contributed by atoms with Crippen molar-refractivity contribution in [3.63, 3.8) is 0 Å². The minimum atomic E-state index is -1.17. The Morgan fingerprint density at radius 1 is 1.04 bits per heavy atom. The molecule has 0 aromatic heterocycles. The van der Waals surface area contributed by atoms with E-state index in [9.17, 15) is 14.7 Å². The zero-order valence-corrected chi connectivity index (χ0v) is 16.9. The number of hydrogen-bond donors (Lipinski definition) is 2. The van der Waals surface area contributed by atoms with Gasteiger partial charge < -0.3 is 19.9 Å². The molecular formula is C21H33NO5. The van der Waals surface area contributed by atoms with E-state index < -0.39 is 23.7 Å². The predicted molar refractivity (Wildman–Crippen MR) is 105 cm³/mol. The molecule has 2 N–H and O–H groups in total. The van der Waals surface area contributed by atoms with Gasteiger partial charge in [-0.2, -0.15) is 0 Å². The summed E-state index contributed by atoms with van der Waals surface area (Å²) < 4.78 is 10.8. The summed E-state index contributed by atoms with van der Waals surface area (Å²) in [5, 5.41) is 11.8. The second kappa shape index (κ2) is 11.5. The molecule has 0 radical (unpaired) electrons. The van der Waals surface area contributed by atoms with Crippen molar-refractivity contribution in [3.8, 4) is 5.75 Å². The van der Waals surface area contributed by atoms with Gasteiger partial charge in [0.05, 0.1) is 6.61 Å². The highest BCUT2D eigenvalue weighted by atomic mass is 16.6. The molecule has 0 bridgehead atoms. The molecule has 0 spiro atoms. The Labute approximate surface area is 162 Å². The molecule has 0 fully saturated rings. The first-order valence-corrected chi connectivity index (χ1v) is 9.68. The molecule has 0 aliphatic carbocycles. The van der Waals surface area contributed by atoms with Crippen molar-refractivity contribution in [3.05, 3.63) is 29.8 Å². The first kappa shape index (κ1) is 22.8. The Bertz CT molecular complexity index is 577. The molecule has 0 aliphatic rings. The minimum absolute atomic E-state index is 0.459. The van der Waals surface area contributed by atoms with Crippen LogP contribution >= 0.6 is 0 Å². The van der Waals surface area contributed by atoms with Crippen molar-refractivity contribution in [1.82, 2.24) is 5.32 Å². The van der Waals surface area contributed by atoms with Crippen LogP contribution in [0.1, 0.15) is 77.8 Å². The topological polar surface area (TPSA) is 84.9 Å². The zero-order valence-electron chi connectivity index (χ0n) is 16.9. The van der Waals surface area contributed by atoms with Gasteiger partial charge in [-0.3, -0.25) is 0 Å². The molecule has 0 heterocycles. The van der Waals surface area contributed by atoms with Gasteiger partial charge in [-0.05, 0) is 44.9 Å². The zero-order chi connectivity index (χ0) is 20.3. The second-order valence-electron chi connectivity index (χ2n) is 7.60. The first-order chi connectivity index (χ1) is 12.7. The largest absolute Gasteiger partial charge is 0.494 e. The predicted octanol–water partition coefficient (Wildman–Crippen LogP) is 5.08. The smallest absolute Gasteiger partial charge is 0.408 e. The molecule has 0 saturated heterocycles. The number of carbonyl (C=O) groups excluding carboxylic acids is 1. The molecule has 6 nitrogen and oxygen atoms in total. The van der Waals surface area contributed by atoms with E-state index in [0.717, 1.165) is 12.8 Å². The molecule has 1 unspecified atom stereocenters. The van der Waals surface area contributed by atoms with Gasteiger partial charge in [0, 0.05) is 0 Å². The van der Waals surface area contributed by atoms with Crippen LogP contribution in [0.2, 0.25) is 0 Å². The van der Waals surface area contributed by atoms with Crippen molar-refractivity contribution >= 4 is 12.1 Å². The number of carbonyl (C=O) groups is 2. The monoisotopic (exact) mass is 379 g/mol. The molecule has 1 aromatic carbocycles. The Morgan fingerprint density at radius 3 is 2.19 bits per heavy atom. The third-order valence-electron chi connectivity index (χ3n) is 3.89. The van der Waals surface area contributed by atoms with Crippen LogP contribution < -0.4 is 10.1 Å². The molecule has 0 aliphatic heterocycles. The lowest BCUT2D eigenvalue weighted by Crippen LogP contribution is -2.38. The highest BCUT2D eigenvalue weighted by molar-refractivity contribution is 5.81. The fourth-order valence-corrected chi connectivity index (χ4v) is 2.54. The molecule has 0 saturated carbocycles. The summed E-state index contributed by atoms with van der Waals surface area (Å²) in [6.45, 7) is 8.00. The van der Waals surface area contributed by atoms with Gasteiger partial charge in [0.25, 0.3) is 0 Å². The van der Waals surface area contributed by atoms with E-state index in [1.807, 2.05) is 0 Å². The summed E-state index contributed by atoms with van der Waals surface area (Å²) in [6, 6.07) is 5.56. The number of hydrogen-bond acceptors (Lipinski definition) is 4. The van der Waals surface area contributed by atoms with E-state index in [0.29, 0.717) is 17.9 Å². The molecule has 6 heteroatoms. The first-order valence-electron chi connectivity index (χ1n) is 9.68. The van der Waals surface area contributed by atoms with Crippen molar-refractivity contribution < 1.29 is 24.2 Å². The van der Waals surface area contributed by atoms with Crippen LogP contribution in [0, 0.1) is 0 Å². The fraction of sp³-hybridized carbons (Fsp3) is 0.619. The average Bonchev–Trinajstić information content (AvgIpc) is 2.58. The molecule has 152 valence electrons. The van der Waals surface area contributed by atoms with Crippen LogP contribution in [0.5, 0.6) is 5.75 Å². The number of aliphatic carboxylic acids is 1. The van der Waals surface area contributed by atoms with Crippen molar-refractivity contribution in [2.45, 2.75) is 77.9 Å². The van der Waals surface area contributed by atoms with Gasteiger partial charge >= 0.3 is 12.1 Å². The van der Waals surface area contributed by atoms with Gasteiger partial charge in [0.2, 0.25) is 0 Å². The van der Waals surface area contributed by atoms with Gasteiger partial charge in [-0.25, -0.2) is 9.59 Å². The number of ether oxygens (including phenoxy) is 2. The van der Waals surface area contributed by atoms with Crippen LogP contribution in [0.15, 0.2) is 24.3 Å². The molecular weight excluding hydrogens is 346 g/mol. The third kappa shape index (κ3) is 9.87. The van der Waals surface area contributed by atoms with Crippen LogP contribution in [0.4, 0.5) is 4.79 Å². The van der Waals surface area contributed by atoms with Crippen molar-refractivity contribution in [1.29, 1.82) is 0 Å². The number of amides is 1. The summed E-state index contributed by atoms with van der Waals surface area (Å²) in [7, 11) is 0. The summed E-state index contributed by atoms with van der Waals surface area (Å²) in [5.74, 6) is -0.463. The van der Waals surface area contributed by atoms with E-state index in [1.54, 1.807) is 45.0 Å². The summed E-state index contributed by atoms with van der Waals surface area (Å²) in [6.07, 6.45) is 6.41. The molecule has 1 rings (SSSR count). The number of nitrogens with one attached hydrogen (secondary N) is 1. The van der Waals surface area contributed by atoms with Gasteiger partial charge in [0.15, 0.2) is 6.04 Å². The maximum Gasteiger partial charge on any atom is 0.408 e. The average molecular weight is 379 g/mol. The Morgan fingerprint density at radius 2 is 1.63 bits per heavy atom. The number of benzene rings is 1. The molecule has 1 aromatic rings. The Hall–Kier alpha value is -2.24. The number of carboxylic acid groups (broad SMARTS) is 1. The standard InChI is InChI=1S/C21H33NO5/c1-5-6-7-8-9-10-15-26-17-13-11-16(12-14-17)18(19(23)24)22-20(25)27-21(2,3)4/h11-14,18H,5-10,15H2,1-4H3,(H,22,25)(H,23,24). The summed E-state index contributed by atoms with van der Waals surface area (Å²) in [5.41, 5.74) is -0.234. The maximum absolute atomic E-state index is 11.9. The van der Waals surface area contributed by atoms with E-state index in [2.05, 4.69) is 12.2 Å². The normalized spacial score (nSPS) is 12.3. The number of alkyl carbamates (subject to hydrolysis) is 1. The molecule has 1 amide bonds. The van der Waals surface area contributed by atoms with Crippen LogP contribution in [0.3, 0.4) is 0 Å². The van der Waals surface area contributed by atoms with Gasteiger partial charge in [-0.1, -0.05) is 51.2 Å². The van der Waals surface area contributed by atoms with Gasteiger partial charge in [0.1, 0.15) is 11.4 Å². The SMILES string of the molecule is CCCCCCCCOc1ccc(C(NC(=O)OC(C)(C)C)C(=O)O)cc1. The van der Waals surface area contributed by atoms with Crippen molar-refractivity contribution in [2.75, 3.05) is 6.61 Å². The van der Waals surface area contributed by atoms with E-state index >= 15 is 0 Å². The van der Waals surface area contributed by atoms with E-state index in [1.165, 1.54) is 25.7 Å². The second-order valence-corrected chi connectivity index (χ2v) is 7.60.